The van der Waals surface area contributed by atoms with Crippen LogP contribution in [0.4, 0.5) is 5.69 Å². The average molecular weight is 348 g/mol. The number of rotatable bonds is 3. The summed E-state index contributed by atoms with van der Waals surface area (Å²) in [6, 6.07) is 3.81. The van der Waals surface area contributed by atoms with Crippen molar-refractivity contribution in [3.05, 3.63) is 22.7 Å². The molecule has 1 atom stereocenters. The van der Waals surface area contributed by atoms with Gasteiger partial charge in [-0.2, -0.15) is 4.31 Å². The van der Waals surface area contributed by atoms with E-state index in [-0.39, 0.29) is 17.1 Å². The van der Waals surface area contributed by atoms with E-state index in [1.807, 2.05) is 0 Å². The third-order valence-electron chi connectivity index (χ3n) is 3.09. The van der Waals surface area contributed by atoms with E-state index in [2.05, 4.69) is 15.9 Å². The molecule has 2 rings (SSSR count). The van der Waals surface area contributed by atoms with Crippen LogP contribution in [0.1, 0.15) is 12.8 Å². The molecule has 0 radical (unpaired) electrons. The second kappa shape index (κ2) is 5.10. The van der Waals surface area contributed by atoms with Crippen LogP contribution >= 0.6 is 15.9 Å². The van der Waals surface area contributed by atoms with Gasteiger partial charge in [0.05, 0.1) is 5.69 Å². The number of anilines is 1. The van der Waals surface area contributed by atoms with E-state index < -0.39 is 22.0 Å². The van der Waals surface area contributed by atoms with Crippen LogP contribution in [0.15, 0.2) is 27.6 Å². The molecule has 6 nitrogen and oxygen atoms in total. The Labute approximate surface area is 119 Å². The number of hydrogen-bond donors (Lipinski definition) is 2. The summed E-state index contributed by atoms with van der Waals surface area (Å²) in [6.07, 6.45) is 1.06. The Morgan fingerprint density at radius 3 is 2.74 bits per heavy atom. The van der Waals surface area contributed by atoms with E-state index in [9.17, 15) is 13.2 Å². The lowest BCUT2D eigenvalue weighted by molar-refractivity contribution is -0.121. The van der Waals surface area contributed by atoms with Gasteiger partial charge < -0.3 is 11.5 Å². The Hall–Kier alpha value is -1.12. The van der Waals surface area contributed by atoms with Crippen molar-refractivity contribution in [2.24, 2.45) is 5.73 Å². The SMILES string of the molecule is NC(=O)C1CCCN1S(=O)(=O)c1cc(Br)ccc1N. The normalized spacial score (nSPS) is 20.6. The molecule has 8 heteroatoms. The highest BCUT2D eigenvalue weighted by atomic mass is 79.9. The summed E-state index contributed by atoms with van der Waals surface area (Å²) in [5.41, 5.74) is 11.1. The molecule has 104 valence electrons. The predicted octanol–water partition coefficient (Wildman–Crippen LogP) is 0.670. The summed E-state index contributed by atoms with van der Waals surface area (Å²) in [7, 11) is -3.81. The van der Waals surface area contributed by atoms with Gasteiger partial charge in [0.2, 0.25) is 15.9 Å². The lowest BCUT2D eigenvalue weighted by Gasteiger charge is -2.22. The largest absolute Gasteiger partial charge is 0.398 e. The van der Waals surface area contributed by atoms with Gasteiger partial charge in [-0.15, -0.1) is 0 Å². The molecule has 19 heavy (non-hydrogen) atoms. The molecule has 1 aliphatic heterocycles. The number of nitrogens with zero attached hydrogens (tertiary/aromatic N) is 1. The van der Waals surface area contributed by atoms with E-state index >= 15 is 0 Å². The van der Waals surface area contributed by atoms with E-state index in [1.165, 1.54) is 12.1 Å². The van der Waals surface area contributed by atoms with Gasteiger partial charge in [0.25, 0.3) is 0 Å². The van der Waals surface area contributed by atoms with Gasteiger partial charge in [-0.25, -0.2) is 8.42 Å². The Bertz CT molecular complexity index is 618. The molecule has 1 saturated heterocycles. The predicted molar refractivity (Wildman–Crippen MR) is 74.7 cm³/mol. The van der Waals surface area contributed by atoms with Crippen LogP contribution in [0.5, 0.6) is 0 Å². The van der Waals surface area contributed by atoms with Crippen LogP contribution in [0, 0.1) is 0 Å². The lowest BCUT2D eigenvalue weighted by atomic mass is 10.2. The third-order valence-corrected chi connectivity index (χ3v) is 5.55. The number of benzene rings is 1. The van der Waals surface area contributed by atoms with Gasteiger partial charge in [0, 0.05) is 11.0 Å². The van der Waals surface area contributed by atoms with Gasteiger partial charge in [-0.05, 0) is 31.0 Å². The highest BCUT2D eigenvalue weighted by molar-refractivity contribution is 9.10. The van der Waals surface area contributed by atoms with Crippen molar-refractivity contribution in [3.63, 3.8) is 0 Å². The monoisotopic (exact) mass is 347 g/mol. The first kappa shape index (κ1) is 14.3. The minimum absolute atomic E-state index is 0.00461. The maximum atomic E-state index is 12.5. The van der Waals surface area contributed by atoms with E-state index in [0.29, 0.717) is 17.3 Å². The minimum atomic E-state index is -3.81. The van der Waals surface area contributed by atoms with Crippen LogP contribution in [-0.2, 0) is 14.8 Å². The Balaban J connectivity index is 2.48. The Morgan fingerprint density at radius 2 is 2.11 bits per heavy atom. The molecule has 1 unspecified atom stereocenters. The fraction of sp³-hybridized carbons (Fsp3) is 0.364. The molecule has 0 aliphatic carbocycles. The topological polar surface area (TPSA) is 106 Å². The molecular weight excluding hydrogens is 334 g/mol. The molecule has 0 spiro atoms. The first-order valence-corrected chi connectivity index (χ1v) is 7.93. The van der Waals surface area contributed by atoms with E-state index in [1.54, 1.807) is 6.07 Å². The minimum Gasteiger partial charge on any atom is -0.398 e. The Morgan fingerprint density at radius 1 is 1.42 bits per heavy atom. The van der Waals surface area contributed by atoms with Gasteiger partial charge in [-0.1, -0.05) is 15.9 Å². The fourth-order valence-electron chi connectivity index (χ4n) is 2.17. The zero-order chi connectivity index (χ0) is 14.2. The maximum Gasteiger partial charge on any atom is 0.245 e. The van der Waals surface area contributed by atoms with Crippen molar-refractivity contribution in [1.82, 2.24) is 4.31 Å². The summed E-state index contributed by atoms with van der Waals surface area (Å²) >= 11 is 3.21. The van der Waals surface area contributed by atoms with Crippen molar-refractivity contribution in [2.75, 3.05) is 12.3 Å². The highest BCUT2D eigenvalue weighted by Crippen LogP contribution is 2.30. The first-order valence-electron chi connectivity index (χ1n) is 5.70. The zero-order valence-electron chi connectivity index (χ0n) is 10.0. The van der Waals surface area contributed by atoms with Gasteiger partial charge in [0.1, 0.15) is 10.9 Å². The molecule has 1 aromatic carbocycles. The highest BCUT2D eigenvalue weighted by Gasteiger charge is 2.39. The van der Waals surface area contributed by atoms with Gasteiger partial charge in [-0.3, -0.25) is 4.79 Å². The van der Waals surface area contributed by atoms with Gasteiger partial charge >= 0.3 is 0 Å². The third kappa shape index (κ3) is 2.60. The molecule has 1 fully saturated rings. The molecule has 0 aromatic heterocycles. The molecule has 0 saturated carbocycles. The van der Waals surface area contributed by atoms with Crippen LogP contribution in [0.3, 0.4) is 0 Å². The van der Waals surface area contributed by atoms with Gasteiger partial charge in [0.15, 0.2) is 0 Å². The average Bonchev–Trinajstić information content (AvgIpc) is 2.82. The number of primary amides is 1. The summed E-state index contributed by atoms with van der Waals surface area (Å²) in [6.45, 7) is 0.280. The van der Waals surface area contributed by atoms with Crippen molar-refractivity contribution in [2.45, 2.75) is 23.8 Å². The summed E-state index contributed by atoms with van der Waals surface area (Å²) < 4.78 is 26.8. The molecule has 1 aromatic rings. The zero-order valence-corrected chi connectivity index (χ0v) is 12.4. The van der Waals surface area contributed by atoms with E-state index in [4.69, 9.17) is 11.5 Å². The number of nitrogens with two attached hydrogens (primary N) is 2. The number of carbonyl (C=O) groups excluding carboxylic acids is 1. The second-order valence-corrected chi connectivity index (χ2v) is 7.13. The smallest absolute Gasteiger partial charge is 0.245 e. The molecule has 4 N–H and O–H groups in total. The number of carbonyl (C=O) groups is 1. The summed E-state index contributed by atoms with van der Waals surface area (Å²) in [5, 5.41) is 0. The first-order chi connectivity index (χ1) is 8.84. The molecule has 1 aliphatic rings. The maximum absolute atomic E-state index is 12.5. The summed E-state index contributed by atoms with van der Waals surface area (Å²) in [4.78, 5) is 11.3. The fourth-order valence-corrected chi connectivity index (χ4v) is 4.49. The summed E-state index contributed by atoms with van der Waals surface area (Å²) in [5.74, 6) is -0.630. The van der Waals surface area contributed by atoms with Crippen molar-refractivity contribution >= 4 is 37.5 Å². The van der Waals surface area contributed by atoms with E-state index in [0.717, 1.165) is 4.31 Å². The number of amides is 1. The van der Waals surface area contributed by atoms with Crippen molar-refractivity contribution in [3.8, 4) is 0 Å². The quantitative estimate of drug-likeness (QED) is 0.783. The van der Waals surface area contributed by atoms with Crippen molar-refractivity contribution in [1.29, 1.82) is 0 Å². The number of sulfonamides is 1. The Kier molecular flexibility index (Phi) is 3.84. The molecule has 0 bridgehead atoms. The van der Waals surface area contributed by atoms with Crippen LogP contribution in [0.25, 0.3) is 0 Å². The second-order valence-electron chi connectivity index (χ2n) is 4.36. The number of hydrogen-bond acceptors (Lipinski definition) is 4. The molecular formula is C11H14BrN3O3S. The number of nitrogen functional groups attached to an aromatic ring is 1. The van der Waals surface area contributed by atoms with Crippen LogP contribution in [-0.4, -0.2) is 31.2 Å². The molecule has 1 amide bonds. The lowest BCUT2D eigenvalue weighted by Crippen LogP contribution is -2.43. The molecule has 1 heterocycles. The standard InChI is InChI=1S/C11H14BrN3O3S/c12-7-3-4-8(13)10(6-7)19(17,18)15-5-1-2-9(15)11(14)16/h3-4,6,9H,1-2,5,13H2,(H2,14,16). The van der Waals surface area contributed by atoms with Crippen molar-refractivity contribution < 1.29 is 13.2 Å². The van der Waals surface area contributed by atoms with Crippen LogP contribution < -0.4 is 11.5 Å². The number of halogens is 1. The van der Waals surface area contributed by atoms with Crippen LogP contribution in [0.2, 0.25) is 0 Å².